The van der Waals surface area contributed by atoms with Crippen molar-refractivity contribution in [3.63, 3.8) is 0 Å². The van der Waals surface area contributed by atoms with Crippen molar-refractivity contribution < 1.29 is 24.5 Å². The lowest BCUT2D eigenvalue weighted by Crippen LogP contribution is -2.33. The molecule has 0 saturated carbocycles. The molecule has 0 fully saturated rings. The standard InChI is InChI=1S/C27H40N4O5/c1-8-35-16-20-29-22-23(31(20)17-26(4,5)34)18-11-9-10-12-19(18)28-24(22)30-21(32)15-27(6,7)36-14-13-25(2,3)33/h9-12,33-34H,8,13-17H2,1-7H3,(H,28,30,32). The molecule has 0 atom stereocenters. The summed E-state index contributed by atoms with van der Waals surface area (Å²) in [6.45, 7) is 14.0. The van der Waals surface area contributed by atoms with Crippen LogP contribution in [0.25, 0.3) is 21.9 Å². The molecule has 3 rings (SSSR count). The monoisotopic (exact) mass is 500 g/mol. The highest BCUT2D eigenvalue weighted by atomic mass is 16.5. The van der Waals surface area contributed by atoms with Crippen molar-refractivity contribution in [3.8, 4) is 0 Å². The number of benzene rings is 1. The fraction of sp³-hybridized carbons (Fsp3) is 0.593. The molecule has 0 unspecified atom stereocenters. The Hall–Kier alpha value is -2.59. The first kappa shape index (κ1) is 28.0. The smallest absolute Gasteiger partial charge is 0.228 e. The summed E-state index contributed by atoms with van der Waals surface area (Å²) in [6.07, 6.45) is 0.567. The van der Waals surface area contributed by atoms with Gasteiger partial charge in [-0.15, -0.1) is 0 Å². The predicted molar refractivity (Wildman–Crippen MR) is 141 cm³/mol. The Bertz CT molecular complexity index is 1200. The van der Waals surface area contributed by atoms with Crippen LogP contribution in [0.3, 0.4) is 0 Å². The average molecular weight is 501 g/mol. The Morgan fingerprint density at radius 1 is 1.06 bits per heavy atom. The van der Waals surface area contributed by atoms with E-state index in [-0.39, 0.29) is 18.9 Å². The minimum atomic E-state index is -0.993. The van der Waals surface area contributed by atoms with Gasteiger partial charge in [0.2, 0.25) is 5.91 Å². The van der Waals surface area contributed by atoms with Crippen molar-refractivity contribution in [3.05, 3.63) is 30.1 Å². The number of aliphatic hydroxyl groups is 2. The van der Waals surface area contributed by atoms with Gasteiger partial charge < -0.3 is 29.6 Å². The normalized spacial score (nSPS) is 13.0. The Labute approximate surface area is 212 Å². The average Bonchev–Trinajstić information content (AvgIpc) is 3.07. The summed E-state index contributed by atoms with van der Waals surface area (Å²) >= 11 is 0. The van der Waals surface area contributed by atoms with Crippen LogP contribution in [-0.4, -0.2) is 60.7 Å². The predicted octanol–water partition coefficient (Wildman–Crippen LogP) is 4.18. The second-order valence-corrected chi connectivity index (χ2v) is 11.1. The fourth-order valence-corrected chi connectivity index (χ4v) is 4.02. The summed E-state index contributed by atoms with van der Waals surface area (Å²) in [4.78, 5) is 22.6. The summed E-state index contributed by atoms with van der Waals surface area (Å²) in [5.74, 6) is 0.752. The molecule has 0 bridgehead atoms. The summed E-state index contributed by atoms with van der Waals surface area (Å²) in [5.41, 5.74) is -0.519. The number of nitrogens with zero attached hydrogens (tertiary/aromatic N) is 3. The first-order chi connectivity index (χ1) is 16.7. The maximum atomic E-state index is 13.1. The number of pyridine rings is 1. The van der Waals surface area contributed by atoms with E-state index in [1.54, 1.807) is 27.7 Å². The van der Waals surface area contributed by atoms with Crippen LogP contribution < -0.4 is 5.32 Å². The van der Waals surface area contributed by atoms with Gasteiger partial charge in [-0.05, 0) is 61.0 Å². The van der Waals surface area contributed by atoms with Crippen molar-refractivity contribution in [1.29, 1.82) is 0 Å². The van der Waals surface area contributed by atoms with Crippen molar-refractivity contribution in [2.75, 3.05) is 18.5 Å². The molecule has 0 saturated heterocycles. The van der Waals surface area contributed by atoms with Gasteiger partial charge in [-0.3, -0.25) is 4.79 Å². The second kappa shape index (κ2) is 10.8. The van der Waals surface area contributed by atoms with E-state index in [2.05, 4.69) is 5.32 Å². The third-order valence-corrected chi connectivity index (χ3v) is 5.69. The number of anilines is 1. The highest BCUT2D eigenvalue weighted by molar-refractivity contribution is 6.09. The van der Waals surface area contributed by atoms with Gasteiger partial charge in [0.25, 0.3) is 0 Å². The van der Waals surface area contributed by atoms with Gasteiger partial charge in [-0.2, -0.15) is 0 Å². The maximum absolute atomic E-state index is 13.1. The largest absolute Gasteiger partial charge is 0.390 e. The molecule has 0 radical (unpaired) electrons. The van der Waals surface area contributed by atoms with E-state index in [0.717, 1.165) is 10.9 Å². The van der Waals surface area contributed by atoms with Crippen LogP contribution in [0.1, 0.15) is 67.1 Å². The molecule has 3 aromatic rings. The molecule has 0 aliphatic carbocycles. The summed E-state index contributed by atoms with van der Waals surface area (Å²) in [7, 11) is 0. The second-order valence-electron chi connectivity index (χ2n) is 11.1. The van der Waals surface area contributed by atoms with E-state index in [4.69, 9.17) is 19.4 Å². The number of carbonyl (C=O) groups excluding carboxylic acids is 1. The molecule has 36 heavy (non-hydrogen) atoms. The molecule has 2 heterocycles. The number of nitrogens with one attached hydrogen (secondary N) is 1. The topological polar surface area (TPSA) is 119 Å². The van der Waals surface area contributed by atoms with E-state index >= 15 is 0 Å². The van der Waals surface area contributed by atoms with Crippen LogP contribution in [0, 0.1) is 0 Å². The highest BCUT2D eigenvalue weighted by Crippen LogP contribution is 2.32. The zero-order valence-electron chi connectivity index (χ0n) is 22.5. The number of para-hydroxylation sites is 1. The molecule has 0 spiro atoms. The molecule has 198 valence electrons. The van der Waals surface area contributed by atoms with E-state index in [9.17, 15) is 15.0 Å². The number of imidazole rings is 1. The molecule has 0 aliphatic rings. The van der Waals surface area contributed by atoms with Crippen molar-refractivity contribution in [2.24, 2.45) is 0 Å². The number of rotatable bonds is 12. The number of carbonyl (C=O) groups is 1. The van der Waals surface area contributed by atoms with Gasteiger partial charge in [-0.1, -0.05) is 18.2 Å². The van der Waals surface area contributed by atoms with Crippen LogP contribution in [0.15, 0.2) is 24.3 Å². The SMILES string of the molecule is CCOCc1nc2c(NC(=O)CC(C)(C)OCCC(C)(C)O)nc3ccccc3c2n1CC(C)(C)O. The lowest BCUT2D eigenvalue weighted by atomic mass is 10.0. The first-order valence-corrected chi connectivity index (χ1v) is 12.4. The maximum Gasteiger partial charge on any atom is 0.228 e. The zero-order chi connectivity index (χ0) is 26.7. The molecule has 9 nitrogen and oxygen atoms in total. The van der Waals surface area contributed by atoms with Crippen LogP contribution in [0.2, 0.25) is 0 Å². The highest BCUT2D eigenvalue weighted by Gasteiger charge is 2.27. The third kappa shape index (κ3) is 7.46. The van der Waals surface area contributed by atoms with Crippen LogP contribution >= 0.6 is 0 Å². The van der Waals surface area contributed by atoms with Crippen LogP contribution in [-0.2, 0) is 27.4 Å². The first-order valence-electron chi connectivity index (χ1n) is 12.4. The lowest BCUT2D eigenvalue weighted by Gasteiger charge is -2.26. The lowest BCUT2D eigenvalue weighted by molar-refractivity contribution is -0.123. The quantitative estimate of drug-likeness (QED) is 0.341. The molecule has 1 aromatic carbocycles. The Balaban J connectivity index is 1.98. The molecule has 3 N–H and O–H groups in total. The fourth-order valence-electron chi connectivity index (χ4n) is 4.02. The van der Waals surface area contributed by atoms with Gasteiger partial charge in [0, 0.05) is 12.0 Å². The van der Waals surface area contributed by atoms with E-state index in [0.29, 0.717) is 48.9 Å². The van der Waals surface area contributed by atoms with Crippen molar-refractivity contribution in [2.45, 2.75) is 91.3 Å². The number of amides is 1. The minimum Gasteiger partial charge on any atom is -0.390 e. The molecule has 0 aliphatic heterocycles. The number of hydrogen-bond donors (Lipinski definition) is 3. The molecular weight excluding hydrogens is 460 g/mol. The van der Waals surface area contributed by atoms with E-state index in [1.807, 2.05) is 49.6 Å². The number of hydrogen-bond acceptors (Lipinski definition) is 7. The third-order valence-electron chi connectivity index (χ3n) is 5.69. The Morgan fingerprint density at radius 3 is 2.39 bits per heavy atom. The number of aromatic nitrogens is 3. The molecule has 2 aromatic heterocycles. The van der Waals surface area contributed by atoms with E-state index in [1.165, 1.54) is 0 Å². The van der Waals surface area contributed by atoms with Crippen molar-refractivity contribution in [1.82, 2.24) is 14.5 Å². The van der Waals surface area contributed by atoms with Gasteiger partial charge in [-0.25, -0.2) is 9.97 Å². The molecule has 9 heteroatoms. The summed E-state index contributed by atoms with van der Waals surface area (Å²) in [6, 6.07) is 7.67. The van der Waals surface area contributed by atoms with Gasteiger partial charge in [0.05, 0.1) is 47.4 Å². The summed E-state index contributed by atoms with van der Waals surface area (Å²) < 4.78 is 13.5. The van der Waals surface area contributed by atoms with Gasteiger partial charge in [0.15, 0.2) is 5.82 Å². The minimum absolute atomic E-state index is 0.102. The molecule has 1 amide bonds. The van der Waals surface area contributed by atoms with Gasteiger partial charge >= 0.3 is 0 Å². The van der Waals surface area contributed by atoms with Crippen LogP contribution in [0.4, 0.5) is 5.82 Å². The Kier molecular flexibility index (Phi) is 8.40. The van der Waals surface area contributed by atoms with E-state index < -0.39 is 16.8 Å². The van der Waals surface area contributed by atoms with Gasteiger partial charge in [0.1, 0.15) is 17.9 Å². The Morgan fingerprint density at radius 2 is 1.75 bits per heavy atom. The molecular formula is C27H40N4O5. The number of fused-ring (bicyclic) bond motifs is 3. The number of ether oxygens (including phenoxy) is 2. The zero-order valence-corrected chi connectivity index (χ0v) is 22.5. The van der Waals surface area contributed by atoms with Crippen LogP contribution in [0.5, 0.6) is 0 Å². The van der Waals surface area contributed by atoms with Crippen molar-refractivity contribution >= 4 is 33.7 Å². The summed E-state index contributed by atoms with van der Waals surface area (Å²) in [5, 5.41) is 24.4.